The van der Waals surface area contributed by atoms with E-state index in [2.05, 4.69) is 48.4 Å². The lowest BCUT2D eigenvalue weighted by Gasteiger charge is -2.18. The van der Waals surface area contributed by atoms with Crippen LogP contribution in [0.5, 0.6) is 5.88 Å². The van der Waals surface area contributed by atoms with Crippen molar-refractivity contribution in [1.82, 2.24) is 15.5 Å². The van der Waals surface area contributed by atoms with Crippen LogP contribution < -0.4 is 10.1 Å². The quantitative estimate of drug-likeness (QED) is 0.675. The summed E-state index contributed by atoms with van der Waals surface area (Å²) in [6, 6.07) is 13.6. The summed E-state index contributed by atoms with van der Waals surface area (Å²) in [4.78, 5) is 17.2. The van der Waals surface area contributed by atoms with Crippen molar-refractivity contribution in [1.29, 1.82) is 0 Å². The molecule has 1 aromatic carbocycles. The van der Waals surface area contributed by atoms with Crippen molar-refractivity contribution in [3.8, 4) is 17.2 Å². The van der Waals surface area contributed by atoms with Crippen molar-refractivity contribution in [2.75, 3.05) is 13.7 Å². The molecule has 0 fully saturated rings. The Kier molecular flexibility index (Phi) is 6.01. The maximum absolute atomic E-state index is 12.8. The molecule has 29 heavy (non-hydrogen) atoms. The van der Waals surface area contributed by atoms with Crippen LogP contribution in [0.15, 0.2) is 47.0 Å². The van der Waals surface area contributed by atoms with Crippen molar-refractivity contribution < 1.29 is 14.1 Å². The van der Waals surface area contributed by atoms with Crippen molar-refractivity contribution in [3.05, 3.63) is 65.0 Å². The smallest absolute Gasteiger partial charge is 0.257 e. The number of aryl methyl sites for hydroxylation is 1. The van der Waals surface area contributed by atoms with Gasteiger partial charge in [-0.3, -0.25) is 4.79 Å². The van der Waals surface area contributed by atoms with Gasteiger partial charge < -0.3 is 14.6 Å². The number of rotatable bonds is 6. The normalized spacial score (nSPS) is 11.3. The minimum atomic E-state index is -0.207. The van der Waals surface area contributed by atoms with Gasteiger partial charge in [-0.15, -0.1) is 0 Å². The summed E-state index contributed by atoms with van der Waals surface area (Å²) < 4.78 is 10.6. The Morgan fingerprint density at radius 3 is 2.52 bits per heavy atom. The number of hydrogen-bond donors (Lipinski definition) is 1. The second-order valence-electron chi connectivity index (χ2n) is 7.98. The summed E-state index contributed by atoms with van der Waals surface area (Å²) >= 11 is 0. The van der Waals surface area contributed by atoms with Crippen LogP contribution in [-0.2, 0) is 11.8 Å². The van der Waals surface area contributed by atoms with Crippen molar-refractivity contribution in [2.45, 2.75) is 39.5 Å². The number of pyridine rings is 1. The second kappa shape index (κ2) is 8.47. The first-order valence-electron chi connectivity index (χ1n) is 9.65. The van der Waals surface area contributed by atoms with Crippen LogP contribution in [0.2, 0.25) is 0 Å². The number of methoxy groups -OCH3 is 1. The molecular weight excluding hydrogens is 366 g/mol. The van der Waals surface area contributed by atoms with Gasteiger partial charge in [0.15, 0.2) is 5.76 Å². The van der Waals surface area contributed by atoms with Gasteiger partial charge in [-0.2, -0.15) is 0 Å². The Morgan fingerprint density at radius 1 is 1.14 bits per heavy atom. The summed E-state index contributed by atoms with van der Waals surface area (Å²) in [6.45, 7) is 8.71. The third-order valence-electron chi connectivity index (χ3n) is 4.76. The van der Waals surface area contributed by atoms with E-state index < -0.39 is 0 Å². The number of aromatic nitrogens is 2. The highest BCUT2D eigenvalue weighted by Gasteiger charge is 2.22. The van der Waals surface area contributed by atoms with Gasteiger partial charge in [0.1, 0.15) is 5.56 Å². The summed E-state index contributed by atoms with van der Waals surface area (Å²) in [5.74, 6) is 0.839. The Bertz CT molecular complexity index is 985. The van der Waals surface area contributed by atoms with Gasteiger partial charge in [-0.05, 0) is 24.0 Å². The average molecular weight is 393 g/mol. The zero-order valence-electron chi connectivity index (χ0n) is 17.6. The molecule has 2 heterocycles. The average Bonchev–Trinajstić information content (AvgIpc) is 3.09. The molecule has 0 radical (unpaired) electrons. The number of ether oxygens (including phenoxy) is 1. The van der Waals surface area contributed by atoms with Gasteiger partial charge in [-0.1, -0.05) is 56.3 Å². The summed E-state index contributed by atoms with van der Waals surface area (Å²) in [5, 5.41) is 6.95. The standard InChI is InChI=1S/C23H27N3O3/c1-15-20(22(27)24-14-13-18-7-6-8-19(25-18)28-5)21(29-26-15)16-9-11-17(12-10-16)23(2,3)4/h6-12H,13-14H2,1-5H3,(H,24,27). The molecule has 3 rings (SSSR count). The first kappa shape index (κ1) is 20.6. The fraction of sp³-hybridized carbons (Fsp3) is 0.348. The SMILES string of the molecule is COc1cccc(CCNC(=O)c2c(C)noc2-c2ccc(C(C)(C)C)cc2)n1. The van der Waals surface area contributed by atoms with Crippen LogP contribution in [0.3, 0.4) is 0 Å². The molecule has 0 bridgehead atoms. The fourth-order valence-electron chi connectivity index (χ4n) is 3.06. The van der Waals surface area contributed by atoms with Crippen LogP contribution in [0.25, 0.3) is 11.3 Å². The molecule has 6 heteroatoms. The third kappa shape index (κ3) is 4.83. The maximum atomic E-state index is 12.8. The first-order valence-corrected chi connectivity index (χ1v) is 9.65. The Balaban J connectivity index is 1.72. The number of carbonyl (C=O) groups excluding carboxylic acids is 1. The maximum Gasteiger partial charge on any atom is 0.257 e. The number of nitrogens with zero attached hydrogens (tertiary/aromatic N) is 2. The van der Waals surface area contributed by atoms with E-state index in [0.717, 1.165) is 11.3 Å². The minimum Gasteiger partial charge on any atom is -0.481 e. The number of benzene rings is 1. The molecule has 0 spiro atoms. The predicted octanol–water partition coefficient (Wildman–Crippen LogP) is 4.32. The Hall–Kier alpha value is -3.15. The van der Waals surface area contributed by atoms with Crippen LogP contribution in [0.4, 0.5) is 0 Å². The van der Waals surface area contributed by atoms with Crippen molar-refractivity contribution >= 4 is 5.91 Å². The topological polar surface area (TPSA) is 77.2 Å². The fourth-order valence-corrected chi connectivity index (χ4v) is 3.06. The summed E-state index contributed by atoms with van der Waals surface area (Å²) in [6.07, 6.45) is 0.600. The van der Waals surface area contributed by atoms with Gasteiger partial charge in [0, 0.05) is 30.3 Å². The summed E-state index contributed by atoms with van der Waals surface area (Å²) in [5.41, 5.74) is 3.99. The van der Waals surface area contributed by atoms with Gasteiger partial charge in [-0.25, -0.2) is 4.98 Å². The highest BCUT2D eigenvalue weighted by molar-refractivity contribution is 6.00. The van der Waals surface area contributed by atoms with Crippen molar-refractivity contribution in [2.24, 2.45) is 0 Å². The highest BCUT2D eigenvalue weighted by Crippen LogP contribution is 2.29. The lowest BCUT2D eigenvalue weighted by molar-refractivity contribution is 0.0953. The lowest BCUT2D eigenvalue weighted by atomic mass is 9.86. The van der Waals surface area contributed by atoms with E-state index in [1.807, 2.05) is 24.3 Å². The minimum absolute atomic E-state index is 0.0597. The van der Waals surface area contributed by atoms with Crippen molar-refractivity contribution in [3.63, 3.8) is 0 Å². The number of amides is 1. The molecule has 0 aliphatic rings. The molecule has 0 atom stereocenters. The molecule has 0 saturated heterocycles. The molecule has 1 amide bonds. The summed E-state index contributed by atoms with van der Waals surface area (Å²) in [7, 11) is 1.58. The lowest BCUT2D eigenvalue weighted by Crippen LogP contribution is -2.26. The van der Waals surface area contributed by atoms with Gasteiger partial charge in [0.2, 0.25) is 5.88 Å². The van der Waals surface area contributed by atoms with E-state index in [0.29, 0.717) is 35.9 Å². The van der Waals surface area contributed by atoms with E-state index in [9.17, 15) is 4.79 Å². The van der Waals surface area contributed by atoms with Crippen LogP contribution in [-0.4, -0.2) is 29.7 Å². The number of carbonyl (C=O) groups is 1. The van der Waals surface area contributed by atoms with E-state index in [1.54, 1.807) is 20.1 Å². The van der Waals surface area contributed by atoms with Crippen LogP contribution in [0, 0.1) is 6.92 Å². The van der Waals surface area contributed by atoms with Gasteiger partial charge in [0.05, 0.1) is 12.8 Å². The monoisotopic (exact) mass is 393 g/mol. The number of hydrogen-bond acceptors (Lipinski definition) is 5. The molecule has 0 aliphatic heterocycles. The Morgan fingerprint density at radius 2 is 1.86 bits per heavy atom. The van der Waals surface area contributed by atoms with E-state index in [4.69, 9.17) is 9.26 Å². The Labute approximate surface area is 171 Å². The zero-order chi connectivity index (χ0) is 21.0. The molecule has 1 N–H and O–H groups in total. The third-order valence-corrected chi connectivity index (χ3v) is 4.76. The first-order chi connectivity index (χ1) is 13.8. The molecular formula is C23H27N3O3. The van der Waals surface area contributed by atoms with E-state index in [1.165, 1.54) is 5.56 Å². The van der Waals surface area contributed by atoms with Gasteiger partial charge >= 0.3 is 0 Å². The van der Waals surface area contributed by atoms with E-state index >= 15 is 0 Å². The number of nitrogens with one attached hydrogen (secondary N) is 1. The molecule has 0 saturated carbocycles. The molecule has 2 aromatic heterocycles. The molecule has 0 aliphatic carbocycles. The predicted molar refractivity (Wildman–Crippen MR) is 112 cm³/mol. The highest BCUT2D eigenvalue weighted by atomic mass is 16.5. The van der Waals surface area contributed by atoms with Gasteiger partial charge in [0.25, 0.3) is 5.91 Å². The largest absolute Gasteiger partial charge is 0.481 e. The molecule has 152 valence electrons. The molecule has 6 nitrogen and oxygen atoms in total. The second-order valence-corrected chi connectivity index (χ2v) is 7.98. The van der Waals surface area contributed by atoms with Crippen LogP contribution in [0.1, 0.15) is 48.1 Å². The van der Waals surface area contributed by atoms with E-state index in [-0.39, 0.29) is 11.3 Å². The molecule has 0 unspecified atom stereocenters. The molecule has 3 aromatic rings. The van der Waals surface area contributed by atoms with Crippen LogP contribution >= 0.6 is 0 Å². The zero-order valence-corrected chi connectivity index (χ0v) is 17.6.